The molecule has 0 aliphatic heterocycles. The maximum Gasteiger partial charge on any atom is 0.307 e. The second-order valence-corrected chi connectivity index (χ2v) is 7.31. The third-order valence-corrected chi connectivity index (χ3v) is 5.73. The average Bonchev–Trinajstić information content (AvgIpc) is 3.26. The molecule has 0 radical (unpaired) electrons. The zero-order valence-corrected chi connectivity index (χ0v) is 15.4. The second kappa shape index (κ2) is 7.94. The van der Waals surface area contributed by atoms with E-state index in [4.69, 9.17) is 4.74 Å². The number of carbonyl (C=O) groups excluding carboxylic acids is 1. The van der Waals surface area contributed by atoms with Gasteiger partial charge in [0.25, 0.3) is 0 Å². The van der Waals surface area contributed by atoms with Crippen molar-refractivity contribution in [3.63, 3.8) is 0 Å². The molecule has 2 N–H and O–H groups in total. The molecule has 1 aromatic rings. The summed E-state index contributed by atoms with van der Waals surface area (Å²) in [6.45, 7) is 2.12. The van der Waals surface area contributed by atoms with Gasteiger partial charge >= 0.3 is 5.97 Å². The number of carboxylic acids is 1. The van der Waals surface area contributed by atoms with Crippen molar-refractivity contribution in [2.24, 2.45) is 23.7 Å². The quantitative estimate of drug-likeness (QED) is 0.698. The van der Waals surface area contributed by atoms with Gasteiger partial charge in [0.15, 0.2) is 0 Å². The molecule has 0 saturated heterocycles. The number of rotatable bonds is 8. The Morgan fingerprint density at radius 2 is 1.85 bits per heavy atom. The maximum absolute atomic E-state index is 13.0. The van der Waals surface area contributed by atoms with Gasteiger partial charge in [0.1, 0.15) is 5.75 Å². The minimum absolute atomic E-state index is 0.0108. The number of amides is 1. The first kappa shape index (κ1) is 18.5. The molecule has 3 rings (SSSR count). The molecular weight excluding hydrogens is 330 g/mol. The molecule has 140 valence electrons. The number of benzene rings is 1. The lowest BCUT2D eigenvalue weighted by molar-refractivity contribution is -0.148. The Morgan fingerprint density at radius 1 is 1.19 bits per heavy atom. The van der Waals surface area contributed by atoms with E-state index >= 15 is 0 Å². The summed E-state index contributed by atoms with van der Waals surface area (Å²) in [5.41, 5.74) is 1.03. The lowest BCUT2D eigenvalue weighted by Gasteiger charge is -2.27. The topological polar surface area (TPSA) is 75.6 Å². The Kier molecular flexibility index (Phi) is 5.64. The molecule has 5 heteroatoms. The van der Waals surface area contributed by atoms with Gasteiger partial charge in [0.2, 0.25) is 5.91 Å². The third kappa shape index (κ3) is 3.62. The van der Waals surface area contributed by atoms with Crippen molar-refractivity contribution in [1.82, 2.24) is 5.32 Å². The molecule has 0 spiro atoms. The molecule has 1 aromatic carbocycles. The summed E-state index contributed by atoms with van der Waals surface area (Å²) in [5.74, 6) is -1.26. The number of ether oxygens (including phenoxy) is 1. The van der Waals surface area contributed by atoms with E-state index in [2.05, 4.69) is 12.2 Å². The fraction of sp³-hybridized carbons (Fsp3) is 0.524. The zero-order valence-electron chi connectivity index (χ0n) is 15.4. The first-order chi connectivity index (χ1) is 12.5. The number of hydrogen-bond acceptors (Lipinski definition) is 3. The van der Waals surface area contributed by atoms with Crippen molar-refractivity contribution in [3.05, 3.63) is 42.0 Å². The lowest BCUT2D eigenvalue weighted by Crippen LogP contribution is -2.41. The van der Waals surface area contributed by atoms with Crippen molar-refractivity contribution in [1.29, 1.82) is 0 Å². The number of methoxy groups -OCH3 is 1. The molecule has 2 aliphatic carbocycles. The SMILES string of the molecule is CCCCC(NC(=O)C1C2C=CC(C2)C1C(=O)O)c1ccc(OC)cc1. The number of carboxylic acid groups (broad SMARTS) is 1. The third-order valence-electron chi connectivity index (χ3n) is 5.73. The van der Waals surface area contributed by atoms with Crippen LogP contribution in [0.25, 0.3) is 0 Å². The van der Waals surface area contributed by atoms with Gasteiger partial charge in [-0.3, -0.25) is 9.59 Å². The van der Waals surface area contributed by atoms with Gasteiger partial charge in [-0.15, -0.1) is 0 Å². The standard InChI is InChI=1S/C21H27NO4/c1-3-4-5-17(13-8-10-16(26-2)11-9-13)22-20(23)18-14-6-7-15(12-14)19(18)21(24)25/h6-11,14-15,17-19H,3-5,12H2,1-2H3,(H,22,23)(H,24,25). The van der Waals surface area contributed by atoms with E-state index in [0.717, 1.165) is 37.0 Å². The largest absolute Gasteiger partial charge is 0.497 e. The van der Waals surface area contributed by atoms with Crippen molar-refractivity contribution in [2.75, 3.05) is 7.11 Å². The molecule has 5 nitrogen and oxygen atoms in total. The van der Waals surface area contributed by atoms with Crippen molar-refractivity contribution >= 4 is 11.9 Å². The molecule has 26 heavy (non-hydrogen) atoms. The predicted molar refractivity (Wildman–Crippen MR) is 98.8 cm³/mol. The fourth-order valence-corrected chi connectivity index (χ4v) is 4.35. The van der Waals surface area contributed by atoms with Crippen LogP contribution in [0.5, 0.6) is 5.75 Å². The molecule has 0 heterocycles. The van der Waals surface area contributed by atoms with Gasteiger partial charge in [-0.25, -0.2) is 0 Å². The summed E-state index contributed by atoms with van der Waals surface area (Å²) in [5, 5.41) is 12.7. The van der Waals surface area contributed by atoms with E-state index in [1.807, 2.05) is 36.4 Å². The monoisotopic (exact) mass is 357 g/mol. The smallest absolute Gasteiger partial charge is 0.307 e. The van der Waals surface area contributed by atoms with Gasteiger partial charge < -0.3 is 15.2 Å². The average molecular weight is 357 g/mol. The van der Waals surface area contributed by atoms with Gasteiger partial charge in [-0.05, 0) is 42.4 Å². The van der Waals surface area contributed by atoms with Crippen LogP contribution in [0, 0.1) is 23.7 Å². The summed E-state index contributed by atoms with van der Waals surface area (Å²) in [6.07, 6.45) is 7.63. The van der Waals surface area contributed by atoms with Crippen LogP contribution in [-0.2, 0) is 9.59 Å². The fourth-order valence-electron chi connectivity index (χ4n) is 4.35. The van der Waals surface area contributed by atoms with Crippen LogP contribution in [0.4, 0.5) is 0 Å². The highest BCUT2D eigenvalue weighted by molar-refractivity contribution is 5.87. The van der Waals surface area contributed by atoms with Gasteiger partial charge in [-0.2, -0.15) is 0 Å². The van der Waals surface area contributed by atoms with Crippen LogP contribution in [-0.4, -0.2) is 24.1 Å². The highest BCUT2D eigenvalue weighted by Crippen LogP contribution is 2.48. The molecule has 2 aliphatic rings. The molecular formula is C21H27NO4. The van der Waals surface area contributed by atoms with Crippen LogP contribution >= 0.6 is 0 Å². The summed E-state index contributed by atoms with van der Waals surface area (Å²) in [6, 6.07) is 7.61. The molecule has 5 unspecified atom stereocenters. The van der Waals surface area contributed by atoms with Crippen molar-refractivity contribution in [3.8, 4) is 5.75 Å². The summed E-state index contributed by atoms with van der Waals surface area (Å²) in [4.78, 5) is 24.7. The van der Waals surface area contributed by atoms with Gasteiger partial charge in [0.05, 0.1) is 25.0 Å². The van der Waals surface area contributed by atoms with Crippen LogP contribution in [0.3, 0.4) is 0 Å². The molecule has 5 atom stereocenters. The number of allylic oxidation sites excluding steroid dienone is 2. The van der Waals surface area contributed by atoms with E-state index in [-0.39, 0.29) is 23.8 Å². The zero-order chi connectivity index (χ0) is 18.7. The second-order valence-electron chi connectivity index (χ2n) is 7.31. The number of aliphatic carboxylic acids is 1. The van der Waals surface area contributed by atoms with Crippen LogP contribution in [0.2, 0.25) is 0 Å². The Balaban J connectivity index is 1.76. The minimum Gasteiger partial charge on any atom is -0.497 e. The van der Waals surface area contributed by atoms with Crippen LogP contribution in [0.1, 0.15) is 44.2 Å². The summed E-state index contributed by atoms with van der Waals surface area (Å²) < 4.78 is 5.21. The first-order valence-corrected chi connectivity index (χ1v) is 9.40. The Hall–Kier alpha value is -2.30. The van der Waals surface area contributed by atoms with Crippen molar-refractivity contribution in [2.45, 2.75) is 38.6 Å². The Labute approximate surface area is 154 Å². The van der Waals surface area contributed by atoms with Crippen LogP contribution in [0.15, 0.2) is 36.4 Å². The molecule has 0 aromatic heterocycles. The van der Waals surface area contributed by atoms with Crippen LogP contribution < -0.4 is 10.1 Å². The van der Waals surface area contributed by atoms with E-state index in [1.165, 1.54) is 0 Å². The lowest BCUT2D eigenvalue weighted by atomic mass is 9.82. The number of unbranched alkanes of at least 4 members (excludes halogenated alkanes) is 1. The number of carbonyl (C=O) groups is 2. The first-order valence-electron chi connectivity index (χ1n) is 9.40. The minimum atomic E-state index is -0.864. The number of nitrogens with one attached hydrogen (secondary N) is 1. The highest BCUT2D eigenvalue weighted by atomic mass is 16.5. The normalized spacial score (nSPS) is 27.3. The van der Waals surface area contributed by atoms with E-state index in [0.29, 0.717) is 0 Å². The van der Waals surface area contributed by atoms with E-state index in [9.17, 15) is 14.7 Å². The summed E-state index contributed by atoms with van der Waals surface area (Å²) in [7, 11) is 1.63. The Bertz CT molecular complexity index is 682. The van der Waals surface area contributed by atoms with Crippen molar-refractivity contribution < 1.29 is 19.4 Å². The highest BCUT2D eigenvalue weighted by Gasteiger charge is 2.51. The summed E-state index contributed by atoms with van der Waals surface area (Å²) >= 11 is 0. The maximum atomic E-state index is 13.0. The predicted octanol–water partition coefficient (Wildman–Crippen LogP) is 3.57. The number of fused-ring (bicyclic) bond motifs is 2. The molecule has 1 amide bonds. The Morgan fingerprint density at radius 3 is 2.42 bits per heavy atom. The molecule has 1 fully saturated rings. The number of hydrogen-bond donors (Lipinski definition) is 2. The molecule has 1 saturated carbocycles. The van der Waals surface area contributed by atoms with Gasteiger partial charge in [0, 0.05) is 0 Å². The van der Waals surface area contributed by atoms with Gasteiger partial charge in [-0.1, -0.05) is 44.1 Å². The van der Waals surface area contributed by atoms with E-state index in [1.54, 1.807) is 7.11 Å². The molecule has 2 bridgehead atoms. The van der Waals surface area contributed by atoms with E-state index < -0.39 is 17.8 Å².